The molecule has 0 saturated carbocycles. The average Bonchev–Trinajstić information content (AvgIpc) is 2.61. The standard InChI is InChI=1S/C11H11N3O3/c1-8-12-6-11(15)13(8)7-9-2-4-10(5-3-9)14(16)17/h2-6,15H,7H2,1H3. The van der Waals surface area contributed by atoms with Gasteiger partial charge in [-0.1, -0.05) is 12.1 Å². The zero-order valence-corrected chi connectivity index (χ0v) is 9.20. The van der Waals surface area contributed by atoms with E-state index >= 15 is 0 Å². The lowest BCUT2D eigenvalue weighted by atomic mass is 10.2. The minimum atomic E-state index is -0.441. The highest BCUT2D eigenvalue weighted by molar-refractivity contribution is 5.33. The van der Waals surface area contributed by atoms with E-state index in [-0.39, 0.29) is 11.6 Å². The summed E-state index contributed by atoms with van der Waals surface area (Å²) in [5.74, 6) is 0.779. The van der Waals surface area contributed by atoms with Gasteiger partial charge in [-0.05, 0) is 12.5 Å². The van der Waals surface area contributed by atoms with Crippen LogP contribution in [0.1, 0.15) is 11.4 Å². The molecule has 2 aromatic rings. The minimum Gasteiger partial charge on any atom is -0.493 e. The zero-order chi connectivity index (χ0) is 12.4. The SMILES string of the molecule is Cc1ncc(O)n1Cc1ccc([N+](=O)[O-])cc1. The molecule has 0 saturated heterocycles. The number of non-ortho nitro benzene ring substituents is 1. The predicted octanol–water partition coefficient (Wildman–Crippen LogP) is 1.85. The van der Waals surface area contributed by atoms with Gasteiger partial charge in [0.1, 0.15) is 5.82 Å². The predicted molar refractivity (Wildman–Crippen MR) is 60.8 cm³/mol. The normalized spacial score (nSPS) is 10.4. The Morgan fingerprint density at radius 2 is 2.06 bits per heavy atom. The molecule has 0 aliphatic rings. The van der Waals surface area contributed by atoms with Crippen molar-refractivity contribution in [3.8, 4) is 5.88 Å². The molecule has 0 bridgehead atoms. The summed E-state index contributed by atoms with van der Waals surface area (Å²) in [6, 6.07) is 6.21. The van der Waals surface area contributed by atoms with Crippen LogP contribution in [0.2, 0.25) is 0 Å². The zero-order valence-electron chi connectivity index (χ0n) is 9.20. The molecule has 0 unspecified atom stereocenters. The van der Waals surface area contributed by atoms with E-state index in [1.807, 2.05) is 0 Å². The molecule has 1 aromatic heterocycles. The first-order valence-corrected chi connectivity index (χ1v) is 5.02. The molecule has 88 valence electrons. The lowest BCUT2D eigenvalue weighted by Gasteiger charge is -2.06. The number of rotatable bonds is 3. The third kappa shape index (κ3) is 2.25. The fourth-order valence-electron chi connectivity index (χ4n) is 1.56. The molecule has 0 amide bonds. The van der Waals surface area contributed by atoms with E-state index in [1.165, 1.54) is 18.3 Å². The van der Waals surface area contributed by atoms with Gasteiger partial charge in [0.2, 0.25) is 5.88 Å². The van der Waals surface area contributed by atoms with Gasteiger partial charge >= 0.3 is 0 Å². The smallest absolute Gasteiger partial charge is 0.269 e. The Morgan fingerprint density at radius 3 is 2.53 bits per heavy atom. The van der Waals surface area contributed by atoms with E-state index in [1.54, 1.807) is 23.6 Å². The second-order valence-electron chi connectivity index (χ2n) is 3.67. The molecule has 0 aliphatic carbocycles. The van der Waals surface area contributed by atoms with Crippen molar-refractivity contribution in [2.45, 2.75) is 13.5 Å². The largest absolute Gasteiger partial charge is 0.493 e. The molecule has 0 fully saturated rings. The summed E-state index contributed by atoms with van der Waals surface area (Å²) < 4.78 is 1.63. The Kier molecular flexibility index (Phi) is 2.78. The topological polar surface area (TPSA) is 81.2 Å². The average molecular weight is 233 g/mol. The van der Waals surface area contributed by atoms with Crippen LogP contribution < -0.4 is 0 Å². The van der Waals surface area contributed by atoms with Crippen LogP contribution in [-0.4, -0.2) is 19.6 Å². The Labute approximate surface area is 97.3 Å². The lowest BCUT2D eigenvalue weighted by molar-refractivity contribution is -0.384. The van der Waals surface area contributed by atoms with Crippen molar-refractivity contribution in [2.24, 2.45) is 0 Å². The maximum atomic E-state index is 10.5. The molecule has 0 aliphatic heterocycles. The van der Waals surface area contributed by atoms with Crippen LogP contribution in [0.25, 0.3) is 0 Å². The Balaban J connectivity index is 2.22. The molecule has 17 heavy (non-hydrogen) atoms. The number of benzene rings is 1. The first-order valence-electron chi connectivity index (χ1n) is 5.02. The molecule has 0 radical (unpaired) electrons. The summed E-state index contributed by atoms with van der Waals surface area (Å²) in [5.41, 5.74) is 0.923. The highest BCUT2D eigenvalue weighted by atomic mass is 16.6. The summed E-state index contributed by atoms with van der Waals surface area (Å²) in [4.78, 5) is 14.0. The highest BCUT2D eigenvalue weighted by Gasteiger charge is 2.07. The van der Waals surface area contributed by atoms with Gasteiger partial charge in [0, 0.05) is 12.1 Å². The third-order valence-corrected chi connectivity index (χ3v) is 2.52. The van der Waals surface area contributed by atoms with Gasteiger partial charge in [-0.15, -0.1) is 0 Å². The van der Waals surface area contributed by atoms with Crippen molar-refractivity contribution in [3.05, 3.63) is 52.0 Å². The fourth-order valence-corrected chi connectivity index (χ4v) is 1.56. The number of nitrogens with zero attached hydrogens (tertiary/aromatic N) is 3. The second-order valence-corrected chi connectivity index (χ2v) is 3.67. The lowest BCUT2D eigenvalue weighted by Crippen LogP contribution is -2.01. The van der Waals surface area contributed by atoms with Crippen molar-refractivity contribution in [3.63, 3.8) is 0 Å². The van der Waals surface area contributed by atoms with E-state index in [0.717, 1.165) is 5.56 Å². The summed E-state index contributed by atoms with van der Waals surface area (Å²) >= 11 is 0. The van der Waals surface area contributed by atoms with Gasteiger partial charge in [-0.25, -0.2) is 4.98 Å². The van der Waals surface area contributed by atoms with Crippen LogP contribution in [-0.2, 0) is 6.54 Å². The van der Waals surface area contributed by atoms with Gasteiger partial charge in [0.05, 0.1) is 17.7 Å². The van der Waals surface area contributed by atoms with E-state index in [2.05, 4.69) is 4.98 Å². The molecule has 0 atom stereocenters. The first-order chi connectivity index (χ1) is 8.08. The van der Waals surface area contributed by atoms with Crippen molar-refractivity contribution >= 4 is 5.69 Å². The van der Waals surface area contributed by atoms with Gasteiger partial charge in [-0.3, -0.25) is 14.7 Å². The Bertz CT molecular complexity index is 526. The number of hydrogen-bond acceptors (Lipinski definition) is 4. The Morgan fingerprint density at radius 1 is 1.41 bits per heavy atom. The summed E-state index contributed by atoms with van der Waals surface area (Å²) in [7, 11) is 0. The van der Waals surface area contributed by atoms with Crippen LogP contribution >= 0.6 is 0 Å². The molecule has 1 N–H and O–H groups in total. The first kappa shape index (κ1) is 11.1. The molecule has 6 heteroatoms. The van der Waals surface area contributed by atoms with Crippen LogP contribution in [0.4, 0.5) is 5.69 Å². The molecule has 2 rings (SSSR count). The number of imidazole rings is 1. The number of aromatic nitrogens is 2. The number of hydrogen-bond donors (Lipinski definition) is 1. The molecule has 0 spiro atoms. The van der Waals surface area contributed by atoms with Crippen LogP contribution in [0, 0.1) is 17.0 Å². The van der Waals surface area contributed by atoms with Crippen LogP contribution in [0.5, 0.6) is 5.88 Å². The van der Waals surface area contributed by atoms with Crippen LogP contribution in [0.15, 0.2) is 30.5 Å². The van der Waals surface area contributed by atoms with Crippen molar-refractivity contribution in [1.29, 1.82) is 0 Å². The quantitative estimate of drug-likeness (QED) is 0.648. The minimum absolute atomic E-state index is 0.0559. The van der Waals surface area contributed by atoms with Crippen molar-refractivity contribution in [2.75, 3.05) is 0 Å². The van der Waals surface area contributed by atoms with Crippen LogP contribution in [0.3, 0.4) is 0 Å². The summed E-state index contributed by atoms with van der Waals surface area (Å²) in [6.07, 6.45) is 1.38. The van der Waals surface area contributed by atoms with E-state index < -0.39 is 4.92 Å². The number of aromatic hydroxyl groups is 1. The van der Waals surface area contributed by atoms with Crippen molar-refractivity contribution < 1.29 is 10.0 Å². The molecule has 1 aromatic carbocycles. The Hall–Kier alpha value is -2.37. The van der Waals surface area contributed by atoms with Gasteiger partial charge in [-0.2, -0.15) is 0 Å². The number of aryl methyl sites for hydroxylation is 1. The molecule has 6 nitrogen and oxygen atoms in total. The number of nitro benzene ring substituents is 1. The van der Waals surface area contributed by atoms with E-state index in [0.29, 0.717) is 12.4 Å². The molecular formula is C11H11N3O3. The highest BCUT2D eigenvalue weighted by Crippen LogP contribution is 2.17. The van der Waals surface area contributed by atoms with Gasteiger partial charge in [0.25, 0.3) is 5.69 Å². The fraction of sp³-hybridized carbons (Fsp3) is 0.182. The van der Waals surface area contributed by atoms with Gasteiger partial charge < -0.3 is 5.11 Å². The maximum absolute atomic E-state index is 10.5. The number of nitro groups is 1. The molecule has 1 heterocycles. The van der Waals surface area contributed by atoms with Crippen molar-refractivity contribution in [1.82, 2.24) is 9.55 Å². The van der Waals surface area contributed by atoms with E-state index in [9.17, 15) is 15.2 Å². The third-order valence-electron chi connectivity index (χ3n) is 2.52. The molecular weight excluding hydrogens is 222 g/mol. The maximum Gasteiger partial charge on any atom is 0.269 e. The van der Waals surface area contributed by atoms with E-state index in [4.69, 9.17) is 0 Å². The second kappa shape index (κ2) is 4.25. The van der Waals surface area contributed by atoms with Gasteiger partial charge in [0.15, 0.2) is 0 Å². The monoisotopic (exact) mass is 233 g/mol. The summed E-state index contributed by atoms with van der Waals surface area (Å²) in [6.45, 7) is 2.22. The summed E-state index contributed by atoms with van der Waals surface area (Å²) in [5, 5.41) is 20.0.